The van der Waals surface area contributed by atoms with Crippen molar-refractivity contribution in [3.8, 4) is 10.0 Å². The summed E-state index contributed by atoms with van der Waals surface area (Å²) >= 11 is 0.0263. The first-order chi connectivity index (χ1) is 11.6. The molecule has 1 heterocycles. The Hall–Kier alpha value is -1.58. The Morgan fingerprint density at radius 1 is 1.17 bits per heavy atom. The van der Waals surface area contributed by atoms with Crippen LogP contribution in [0.5, 0.6) is 0 Å². The molecule has 1 aromatic carbocycles. The number of aromatic nitrogens is 1. The van der Waals surface area contributed by atoms with E-state index in [0.29, 0.717) is 12.3 Å². The fraction of sp³-hybridized carbons (Fsp3) is 0.474. The summed E-state index contributed by atoms with van der Waals surface area (Å²) in [6.07, 6.45) is 2.15. The number of aryl methyl sites for hydroxylation is 1. The van der Waals surface area contributed by atoms with Crippen molar-refractivity contribution in [3.63, 3.8) is 0 Å². The number of benzene rings is 1. The molecule has 2 rings (SSSR count). The molecule has 5 heteroatoms. The number of hydrogen-bond donors (Lipinski definition) is 0. The number of nitrogens with zero attached hydrogens (tertiary/aromatic N) is 2. The molecule has 2 aromatic rings. The van der Waals surface area contributed by atoms with Crippen molar-refractivity contribution in [2.45, 2.75) is 40.5 Å². The average molecular weight is 393 g/mol. The fourth-order valence-corrected chi connectivity index (χ4v) is 5.14. The van der Waals surface area contributed by atoms with Crippen molar-refractivity contribution in [1.82, 2.24) is 4.98 Å². The summed E-state index contributed by atoms with van der Waals surface area (Å²) in [6, 6.07) is 8.19. The van der Waals surface area contributed by atoms with E-state index in [9.17, 15) is 4.79 Å². The quantitative estimate of drug-likeness (QED) is 0.504. The van der Waals surface area contributed by atoms with Gasteiger partial charge in [-0.15, -0.1) is 0 Å². The van der Waals surface area contributed by atoms with Gasteiger partial charge in [0.15, 0.2) is 0 Å². The van der Waals surface area contributed by atoms with E-state index in [2.05, 4.69) is 37.8 Å². The van der Waals surface area contributed by atoms with Gasteiger partial charge in [-0.3, -0.25) is 0 Å². The van der Waals surface area contributed by atoms with E-state index in [1.54, 1.807) is 0 Å². The third-order valence-corrected chi connectivity index (χ3v) is 6.14. The van der Waals surface area contributed by atoms with E-state index in [0.717, 1.165) is 40.6 Å². The van der Waals surface area contributed by atoms with E-state index in [1.807, 2.05) is 19.1 Å². The van der Waals surface area contributed by atoms with Crippen LogP contribution in [0.25, 0.3) is 10.0 Å². The second kappa shape index (κ2) is 9.05. The van der Waals surface area contributed by atoms with Crippen LogP contribution in [-0.4, -0.2) is 45.2 Å². The van der Waals surface area contributed by atoms with Gasteiger partial charge in [-0.1, -0.05) is 0 Å². The summed E-state index contributed by atoms with van der Waals surface area (Å²) in [5.41, 5.74) is 2.79. The topological polar surface area (TPSA) is 42.4 Å². The molecule has 0 atom stereocenters. The van der Waals surface area contributed by atoms with Gasteiger partial charge >= 0.3 is 150 Å². The maximum atomic E-state index is 12.4. The molecule has 0 amide bonds. The first-order valence-electron chi connectivity index (χ1n) is 8.61. The predicted molar refractivity (Wildman–Crippen MR) is 100 cm³/mol. The molecule has 0 N–H and O–H groups in total. The van der Waals surface area contributed by atoms with Gasteiger partial charge in [0.1, 0.15) is 0 Å². The van der Waals surface area contributed by atoms with Crippen LogP contribution in [0.2, 0.25) is 0 Å². The van der Waals surface area contributed by atoms with Gasteiger partial charge in [-0.05, 0) is 0 Å². The van der Waals surface area contributed by atoms with Crippen molar-refractivity contribution in [1.29, 1.82) is 0 Å². The second-order valence-electron chi connectivity index (χ2n) is 5.70. The molecule has 0 unspecified atom stereocenters. The Kier molecular flexibility index (Phi) is 7.07. The van der Waals surface area contributed by atoms with E-state index >= 15 is 0 Å². The molecule has 1 aromatic heterocycles. The van der Waals surface area contributed by atoms with Crippen molar-refractivity contribution < 1.29 is 9.53 Å². The van der Waals surface area contributed by atoms with Gasteiger partial charge in [0.25, 0.3) is 0 Å². The van der Waals surface area contributed by atoms with Gasteiger partial charge in [0.2, 0.25) is 0 Å². The SMILES string of the molecule is CCCN(CCC)c1nc(C(=O)OCC)c(-c2ccccc2C)[se]1. The Morgan fingerprint density at radius 3 is 2.42 bits per heavy atom. The molecule has 0 fully saturated rings. The van der Waals surface area contributed by atoms with Crippen LogP contribution in [0.15, 0.2) is 24.3 Å². The van der Waals surface area contributed by atoms with Gasteiger partial charge in [-0.25, -0.2) is 0 Å². The predicted octanol–water partition coefficient (Wildman–Crippen LogP) is 3.92. The van der Waals surface area contributed by atoms with Crippen molar-refractivity contribution >= 4 is 25.2 Å². The molecule has 0 saturated heterocycles. The van der Waals surface area contributed by atoms with Crippen LogP contribution in [0.4, 0.5) is 4.69 Å². The maximum absolute atomic E-state index is 12.4. The molecule has 24 heavy (non-hydrogen) atoms. The number of ether oxygens (including phenoxy) is 1. The molecule has 0 spiro atoms. The molecular weight excluding hydrogens is 367 g/mol. The van der Waals surface area contributed by atoms with Crippen LogP contribution in [-0.2, 0) is 4.74 Å². The molecular formula is C19H26N2O2Se. The van der Waals surface area contributed by atoms with Crippen LogP contribution in [0, 0.1) is 6.92 Å². The fourth-order valence-electron chi connectivity index (χ4n) is 2.64. The van der Waals surface area contributed by atoms with E-state index in [4.69, 9.17) is 9.72 Å². The third-order valence-electron chi connectivity index (χ3n) is 3.73. The molecule has 0 aliphatic rings. The Balaban J connectivity index is 2.51. The first kappa shape index (κ1) is 18.8. The van der Waals surface area contributed by atoms with Crippen LogP contribution < -0.4 is 4.90 Å². The molecule has 4 nitrogen and oxygen atoms in total. The first-order valence-corrected chi connectivity index (χ1v) is 10.3. The van der Waals surface area contributed by atoms with E-state index < -0.39 is 0 Å². The molecule has 0 saturated carbocycles. The zero-order valence-corrected chi connectivity index (χ0v) is 16.7. The van der Waals surface area contributed by atoms with Crippen LogP contribution in [0.1, 0.15) is 49.7 Å². The number of rotatable bonds is 8. The van der Waals surface area contributed by atoms with Gasteiger partial charge in [0.05, 0.1) is 0 Å². The summed E-state index contributed by atoms with van der Waals surface area (Å²) < 4.78 is 7.35. The molecule has 0 aliphatic carbocycles. The van der Waals surface area contributed by atoms with Gasteiger partial charge in [-0.2, -0.15) is 0 Å². The standard InChI is InChI=1S/C19H26N2O2Se/c1-5-12-21(13-6-2)19-20-16(18(22)23-7-3)17(24-19)15-11-9-8-10-14(15)4/h8-11H,5-7,12-13H2,1-4H3. The number of carbonyl (C=O) groups excluding carboxylic acids is 1. The summed E-state index contributed by atoms with van der Waals surface area (Å²) in [7, 11) is 0. The third kappa shape index (κ3) is 4.28. The Labute approximate surface area is 150 Å². The minimum absolute atomic E-state index is 0.0263. The number of anilines is 1. The molecule has 0 radical (unpaired) electrons. The summed E-state index contributed by atoms with van der Waals surface area (Å²) in [6.45, 7) is 10.6. The van der Waals surface area contributed by atoms with E-state index in [1.165, 1.54) is 5.56 Å². The number of esters is 1. The summed E-state index contributed by atoms with van der Waals surface area (Å²) in [4.78, 5) is 19.5. The zero-order chi connectivity index (χ0) is 17.5. The van der Waals surface area contributed by atoms with Gasteiger partial charge < -0.3 is 0 Å². The number of carbonyl (C=O) groups is 1. The average Bonchev–Trinajstić information content (AvgIpc) is 3.00. The van der Waals surface area contributed by atoms with Crippen molar-refractivity contribution in [2.24, 2.45) is 0 Å². The van der Waals surface area contributed by atoms with Crippen molar-refractivity contribution in [2.75, 3.05) is 24.6 Å². The van der Waals surface area contributed by atoms with Crippen LogP contribution in [0.3, 0.4) is 0 Å². The van der Waals surface area contributed by atoms with Crippen LogP contribution >= 0.6 is 0 Å². The molecule has 130 valence electrons. The summed E-state index contributed by atoms with van der Waals surface area (Å²) in [5, 5.41) is 0. The second-order valence-corrected chi connectivity index (χ2v) is 7.75. The zero-order valence-electron chi connectivity index (χ0n) is 15.0. The normalized spacial score (nSPS) is 10.7. The monoisotopic (exact) mass is 394 g/mol. The van der Waals surface area contributed by atoms with Crippen molar-refractivity contribution in [3.05, 3.63) is 35.5 Å². The van der Waals surface area contributed by atoms with Gasteiger partial charge in [0, 0.05) is 0 Å². The summed E-state index contributed by atoms with van der Waals surface area (Å²) in [5.74, 6) is -0.305. The number of hydrogen-bond acceptors (Lipinski definition) is 4. The molecule has 0 aliphatic heterocycles. The molecule has 0 bridgehead atoms. The minimum atomic E-state index is -0.305. The Morgan fingerprint density at radius 2 is 1.83 bits per heavy atom. The van der Waals surface area contributed by atoms with E-state index in [-0.39, 0.29) is 20.5 Å². The Bertz CT molecular complexity index is 676.